The first-order valence-electron chi connectivity index (χ1n) is 20.6. The molecule has 3 aromatic rings. The summed E-state index contributed by atoms with van der Waals surface area (Å²) >= 11 is 0. The van der Waals surface area contributed by atoms with E-state index in [2.05, 4.69) is 46.5 Å². The number of phenols is 1. The number of imide groups is 2. The predicted molar refractivity (Wildman–Crippen MR) is 211 cm³/mol. The molecule has 1 aromatic heterocycles. The van der Waals surface area contributed by atoms with Gasteiger partial charge in [-0.25, -0.2) is 0 Å². The van der Waals surface area contributed by atoms with Crippen LogP contribution >= 0.6 is 0 Å². The molecule has 7 aliphatic heterocycles. The van der Waals surface area contributed by atoms with Crippen LogP contribution in [-0.2, 0) is 14.3 Å². The number of piperidine rings is 3. The number of hydrogen-bond donors (Lipinski definition) is 3. The third-order valence-corrected chi connectivity index (χ3v) is 13.5. The van der Waals surface area contributed by atoms with E-state index in [1.807, 2.05) is 24.3 Å². The number of hydrogen-bond acceptors (Lipinski definition) is 13. The Morgan fingerprint density at radius 1 is 0.789 bits per heavy atom. The maximum absolute atomic E-state index is 13.4. The Morgan fingerprint density at radius 3 is 2.37 bits per heavy atom. The summed E-state index contributed by atoms with van der Waals surface area (Å²) in [5.41, 5.74) is 3.99. The third kappa shape index (κ3) is 6.68. The maximum atomic E-state index is 13.4. The van der Waals surface area contributed by atoms with E-state index >= 15 is 0 Å². The van der Waals surface area contributed by atoms with Crippen molar-refractivity contribution in [1.82, 2.24) is 30.2 Å². The Balaban J connectivity index is 0.726. The standard InChI is InChI=1S/C42H49N9O6/c52-37-4-2-1-3-32(37)34-18-36-39(46-45-34)43-19-30-22-47(13-14-49(30)36)20-26-15-28-23-57-24-29(16-26)50(28)21-25-9-11-48(12-10-25)27-5-6-31-33(17-27)42(56)51(41(31)55)35-7-8-38(53)44-40(35)54/h1-6,17-18,25-26,28-30,35,52H,7-16,19-24H2,(H,43,46)(H,44,53,54)/t26?,28?,29?,30-,35?/m0/s1. The van der Waals surface area contributed by atoms with Gasteiger partial charge < -0.3 is 25.0 Å². The van der Waals surface area contributed by atoms with Gasteiger partial charge in [-0.05, 0) is 80.3 Å². The number of anilines is 3. The fourth-order valence-corrected chi connectivity index (χ4v) is 10.6. The molecular formula is C42H49N9O6. The van der Waals surface area contributed by atoms with Crippen molar-refractivity contribution in [1.29, 1.82) is 0 Å². The van der Waals surface area contributed by atoms with Crippen molar-refractivity contribution in [2.75, 3.05) is 80.7 Å². The first-order chi connectivity index (χ1) is 27.8. The van der Waals surface area contributed by atoms with Crippen LogP contribution in [0.4, 0.5) is 17.2 Å². The van der Waals surface area contributed by atoms with Crippen molar-refractivity contribution >= 4 is 40.8 Å². The van der Waals surface area contributed by atoms with Gasteiger partial charge in [-0.3, -0.25) is 39.2 Å². The van der Waals surface area contributed by atoms with Crippen molar-refractivity contribution in [3.05, 3.63) is 59.7 Å². The largest absolute Gasteiger partial charge is 0.507 e. The second-order valence-corrected chi connectivity index (χ2v) is 17.0. The minimum Gasteiger partial charge on any atom is -0.507 e. The van der Waals surface area contributed by atoms with Crippen LogP contribution in [0.2, 0.25) is 0 Å². The number of aromatic hydroxyl groups is 1. The molecular weight excluding hydrogens is 727 g/mol. The number of morpholine rings is 1. The topological polar surface area (TPSA) is 164 Å². The van der Waals surface area contributed by atoms with E-state index in [9.17, 15) is 24.3 Å². The summed E-state index contributed by atoms with van der Waals surface area (Å²) in [6.45, 7) is 9.28. The number of carbonyl (C=O) groups excluding carboxylic acids is 4. The second kappa shape index (κ2) is 14.7. The van der Waals surface area contributed by atoms with Crippen LogP contribution in [0.3, 0.4) is 0 Å². The molecule has 5 fully saturated rings. The molecule has 3 unspecified atom stereocenters. The number of piperazine rings is 1. The molecule has 2 aromatic carbocycles. The number of ether oxygens (including phenoxy) is 1. The molecule has 7 aliphatic rings. The van der Waals surface area contributed by atoms with Crippen molar-refractivity contribution in [3.8, 4) is 17.0 Å². The average molecular weight is 776 g/mol. The Morgan fingerprint density at radius 2 is 1.58 bits per heavy atom. The van der Waals surface area contributed by atoms with Gasteiger partial charge in [0.1, 0.15) is 11.8 Å². The van der Waals surface area contributed by atoms with Crippen LogP contribution in [0.1, 0.15) is 59.2 Å². The highest BCUT2D eigenvalue weighted by Gasteiger charge is 2.45. The summed E-state index contributed by atoms with van der Waals surface area (Å²) in [7, 11) is 0. The third-order valence-electron chi connectivity index (χ3n) is 13.5. The van der Waals surface area contributed by atoms with Crippen molar-refractivity contribution in [2.45, 2.75) is 62.7 Å². The molecule has 4 amide bonds. The lowest BCUT2D eigenvalue weighted by Crippen LogP contribution is -2.61. The van der Waals surface area contributed by atoms with E-state index < -0.39 is 23.8 Å². The lowest BCUT2D eigenvalue weighted by Gasteiger charge is -2.52. The Bertz CT molecular complexity index is 2090. The normalized spacial score (nSPS) is 28.1. The lowest BCUT2D eigenvalue weighted by molar-refractivity contribution is -0.136. The number of nitrogens with one attached hydrogen (secondary N) is 2. The van der Waals surface area contributed by atoms with Gasteiger partial charge in [0.15, 0.2) is 5.82 Å². The highest BCUT2D eigenvalue weighted by Crippen LogP contribution is 2.39. The van der Waals surface area contributed by atoms with Gasteiger partial charge in [-0.2, -0.15) is 0 Å². The Labute approximate surface area is 331 Å². The van der Waals surface area contributed by atoms with Crippen molar-refractivity contribution in [3.63, 3.8) is 0 Å². The van der Waals surface area contributed by atoms with Gasteiger partial charge in [-0.15, -0.1) is 10.2 Å². The first-order valence-corrected chi connectivity index (χ1v) is 20.6. The molecule has 5 saturated heterocycles. The van der Waals surface area contributed by atoms with E-state index in [1.165, 1.54) is 0 Å². The van der Waals surface area contributed by atoms with Crippen LogP contribution < -0.4 is 20.4 Å². The molecule has 15 nitrogen and oxygen atoms in total. The van der Waals surface area contributed by atoms with Crippen molar-refractivity contribution in [2.24, 2.45) is 11.8 Å². The molecule has 8 heterocycles. The zero-order chi connectivity index (χ0) is 38.8. The van der Waals surface area contributed by atoms with Crippen LogP contribution in [0.5, 0.6) is 5.75 Å². The van der Waals surface area contributed by atoms with Crippen LogP contribution in [0.25, 0.3) is 11.3 Å². The minimum atomic E-state index is -0.961. The molecule has 0 spiro atoms. The number of amides is 4. The Kier molecular flexibility index (Phi) is 9.33. The predicted octanol–water partition coefficient (Wildman–Crippen LogP) is 2.56. The lowest BCUT2D eigenvalue weighted by atomic mass is 9.83. The van der Waals surface area contributed by atoms with E-state index in [-0.39, 0.29) is 24.5 Å². The summed E-state index contributed by atoms with van der Waals surface area (Å²) in [6, 6.07) is 15.0. The molecule has 0 saturated carbocycles. The molecule has 15 heteroatoms. The van der Waals surface area contributed by atoms with Gasteiger partial charge in [0, 0.05) is 82.1 Å². The molecule has 0 aliphatic carbocycles. The van der Waals surface area contributed by atoms with E-state index in [4.69, 9.17) is 4.74 Å². The smallest absolute Gasteiger partial charge is 0.262 e. The molecule has 2 bridgehead atoms. The number of phenolic OH excluding ortho intramolecular Hbond substituents is 1. The molecule has 0 radical (unpaired) electrons. The highest BCUT2D eigenvalue weighted by atomic mass is 16.5. The van der Waals surface area contributed by atoms with E-state index in [0.29, 0.717) is 52.3 Å². The Hall–Kier alpha value is -5.12. The average Bonchev–Trinajstić information content (AvgIpc) is 3.46. The summed E-state index contributed by atoms with van der Waals surface area (Å²) in [5.74, 6) is 0.314. The molecule has 4 atom stereocenters. The first kappa shape index (κ1) is 36.2. The van der Waals surface area contributed by atoms with Gasteiger partial charge in [-0.1, -0.05) is 12.1 Å². The van der Waals surface area contributed by atoms with E-state index in [0.717, 1.165) is 113 Å². The second-order valence-electron chi connectivity index (χ2n) is 17.0. The fraction of sp³-hybridized carbons (Fsp3) is 0.524. The monoisotopic (exact) mass is 775 g/mol. The zero-order valence-electron chi connectivity index (χ0n) is 32.0. The number of para-hydroxylation sites is 1. The number of benzene rings is 2. The number of carbonyl (C=O) groups is 4. The fourth-order valence-electron chi connectivity index (χ4n) is 10.6. The number of rotatable bonds is 7. The number of fused-ring (bicyclic) bond motifs is 6. The summed E-state index contributed by atoms with van der Waals surface area (Å²) < 4.78 is 6.13. The SMILES string of the molecule is O=C1CCC(N2C(=O)c3ccc(N4CCC(CN5C6COCC5CC(CN5CCN7c8cc(-c9ccccc9O)nnc8NC[C@H]7C5)C6)CC4)cc3C2=O)C(=O)N1. The summed E-state index contributed by atoms with van der Waals surface area (Å²) in [4.78, 5) is 62.0. The van der Waals surface area contributed by atoms with Gasteiger partial charge in [0.2, 0.25) is 11.8 Å². The van der Waals surface area contributed by atoms with Crippen molar-refractivity contribution < 1.29 is 29.0 Å². The molecule has 298 valence electrons. The van der Waals surface area contributed by atoms with Gasteiger partial charge in [0.25, 0.3) is 11.8 Å². The zero-order valence-corrected chi connectivity index (χ0v) is 32.0. The molecule has 3 N–H and O–H groups in total. The van der Waals surface area contributed by atoms with Crippen LogP contribution in [0, 0.1) is 11.8 Å². The maximum Gasteiger partial charge on any atom is 0.262 e. The van der Waals surface area contributed by atoms with Crippen LogP contribution in [-0.4, -0.2) is 143 Å². The van der Waals surface area contributed by atoms with Gasteiger partial charge in [0.05, 0.1) is 41.8 Å². The summed E-state index contributed by atoms with van der Waals surface area (Å²) in [5, 5.41) is 25.1. The van der Waals surface area contributed by atoms with E-state index in [1.54, 1.807) is 18.2 Å². The minimum absolute atomic E-state index is 0.103. The molecule has 57 heavy (non-hydrogen) atoms. The van der Waals surface area contributed by atoms with Gasteiger partial charge >= 0.3 is 0 Å². The quantitative estimate of drug-likeness (QED) is 0.301. The van der Waals surface area contributed by atoms with Crippen LogP contribution in [0.15, 0.2) is 48.5 Å². The number of nitrogens with zero attached hydrogens (tertiary/aromatic N) is 7. The summed E-state index contributed by atoms with van der Waals surface area (Å²) in [6.07, 6.45) is 4.65. The molecule has 10 rings (SSSR count). The number of aromatic nitrogens is 2. The highest BCUT2D eigenvalue weighted by molar-refractivity contribution is 6.23.